The quantitative estimate of drug-likeness (QED) is 0.113. The summed E-state index contributed by atoms with van der Waals surface area (Å²) in [6.07, 6.45) is 0. The van der Waals surface area contributed by atoms with Gasteiger partial charge in [0.25, 0.3) is 0 Å². The molecule has 1 aliphatic heterocycles. The molecule has 0 radical (unpaired) electrons. The molecular weight excluding hydrogens is 720 g/mol. The molecular formula is C30H33I2N3O4. The number of halogens is 2. The van der Waals surface area contributed by atoms with Crippen LogP contribution in [0.15, 0.2) is 59.0 Å². The van der Waals surface area contributed by atoms with Crippen molar-refractivity contribution in [3.63, 3.8) is 0 Å². The van der Waals surface area contributed by atoms with Crippen molar-refractivity contribution in [3.8, 4) is 22.5 Å². The molecule has 2 aromatic carbocycles. The molecule has 2 N–H and O–H groups in total. The first-order chi connectivity index (χ1) is 18.8. The minimum absolute atomic E-state index is 0.124. The summed E-state index contributed by atoms with van der Waals surface area (Å²) in [5.41, 5.74) is 4.57. The summed E-state index contributed by atoms with van der Waals surface area (Å²) in [7, 11) is 0. The van der Waals surface area contributed by atoms with Crippen molar-refractivity contribution < 1.29 is 40.6 Å². The number of carboxylic acid groups (broad SMARTS) is 1. The molecule has 0 saturated heterocycles. The van der Waals surface area contributed by atoms with Gasteiger partial charge in [0, 0.05) is 0 Å². The third-order valence-corrected chi connectivity index (χ3v) is 10.0. The molecule has 0 bridgehead atoms. The second kappa shape index (κ2) is 13.1. The Kier molecular flexibility index (Phi) is 9.86. The zero-order valence-corrected chi connectivity index (χ0v) is 26.9. The molecule has 0 fully saturated rings. The van der Waals surface area contributed by atoms with E-state index in [1.165, 1.54) is 6.07 Å². The first-order valence-electron chi connectivity index (χ1n) is 13.0. The van der Waals surface area contributed by atoms with Gasteiger partial charge in [0.2, 0.25) is 0 Å². The Hall–Kier alpha value is -2.67. The molecule has 0 atom stereocenters. The number of carbonyl (C=O) groups is 2. The molecule has 2 aliphatic rings. The molecule has 4 rings (SSSR count). The van der Waals surface area contributed by atoms with Crippen LogP contribution in [-0.4, -0.2) is 45.5 Å². The average molecular weight is 753 g/mol. The number of nitrogens with one attached hydrogen (secondary N) is 1. The molecule has 1 aliphatic carbocycles. The van der Waals surface area contributed by atoms with Crippen LogP contribution in [0.4, 0.5) is 11.4 Å². The summed E-state index contributed by atoms with van der Waals surface area (Å²) in [4.78, 5) is 26.7. The number of aromatic carboxylic acids is 1. The molecule has 9 heteroatoms. The standard InChI is InChI=1S/C30H33I2N3O4/c1-5-32-35(8-4)21-11-14-24-27(17-21)39-26-16-20(34(6-2)7-3)10-13-23(26)29(24)22-12-9-19(33-28(36)18-31)15-25(22)30(37)38/h9-17H,5-8,18H2,1-4H3,(H,33,36)(H,37,38)/b35-21+. The van der Waals surface area contributed by atoms with E-state index in [0.717, 1.165) is 51.6 Å². The zero-order valence-electron chi connectivity index (χ0n) is 22.6. The molecule has 0 saturated carbocycles. The number of anilines is 2. The number of hydrogen-bond acceptors (Lipinski definition) is 4. The van der Waals surface area contributed by atoms with E-state index in [9.17, 15) is 14.7 Å². The van der Waals surface area contributed by atoms with Crippen molar-refractivity contribution in [2.45, 2.75) is 27.7 Å². The monoisotopic (exact) mass is 753 g/mol. The van der Waals surface area contributed by atoms with Crippen LogP contribution in [0.1, 0.15) is 38.1 Å². The average Bonchev–Trinajstić information content (AvgIpc) is 2.94. The fourth-order valence-corrected chi connectivity index (χ4v) is 6.98. The van der Waals surface area contributed by atoms with Crippen LogP contribution in [-0.2, 0) is 4.79 Å². The van der Waals surface area contributed by atoms with Gasteiger partial charge in [-0.25, -0.2) is 0 Å². The topological polar surface area (TPSA) is 85.8 Å². The van der Waals surface area contributed by atoms with E-state index in [2.05, 4.69) is 58.9 Å². The van der Waals surface area contributed by atoms with Crippen molar-refractivity contribution in [1.82, 2.24) is 2.79 Å². The van der Waals surface area contributed by atoms with Crippen molar-refractivity contribution >= 4 is 56.8 Å². The van der Waals surface area contributed by atoms with Crippen molar-refractivity contribution in [2.24, 2.45) is 0 Å². The number of amides is 1. The van der Waals surface area contributed by atoms with Crippen LogP contribution in [0.2, 0.25) is 0 Å². The molecule has 7 nitrogen and oxygen atoms in total. The van der Waals surface area contributed by atoms with E-state index >= 15 is 0 Å². The van der Waals surface area contributed by atoms with Gasteiger partial charge in [-0.2, -0.15) is 0 Å². The maximum atomic E-state index is 12.5. The second-order valence-corrected chi connectivity index (χ2v) is 13.0. The number of carbonyl (C=O) groups excluding carboxylic acids is 1. The number of alkyl halides is 2. The Bertz CT molecular complexity index is 1560. The van der Waals surface area contributed by atoms with E-state index in [1.807, 2.05) is 40.8 Å². The molecule has 2 aromatic rings. The van der Waals surface area contributed by atoms with E-state index in [0.29, 0.717) is 22.6 Å². The number of benzene rings is 3. The van der Waals surface area contributed by atoms with Crippen LogP contribution < -0.4 is 39.8 Å². The predicted octanol–water partition coefficient (Wildman–Crippen LogP) is 2.94. The van der Waals surface area contributed by atoms with E-state index in [1.54, 1.807) is 12.1 Å². The van der Waals surface area contributed by atoms with Crippen molar-refractivity contribution in [1.29, 1.82) is 0 Å². The van der Waals surface area contributed by atoms with Crippen LogP contribution >= 0.6 is 22.6 Å². The number of fused-ring (bicyclic) bond motifs is 2. The second-order valence-electron chi connectivity index (χ2n) is 8.82. The van der Waals surface area contributed by atoms with Gasteiger partial charge in [-0.3, -0.25) is 4.79 Å². The third kappa shape index (κ3) is 6.24. The summed E-state index contributed by atoms with van der Waals surface area (Å²) >= 11 is 1.85. The Balaban J connectivity index is 2.07. The van der Waals surface area contributed by atoms with Crippen LogP contribution in [0.3, 0.4) is 0 Å². The molecule has 0 unspecified atom stereocenters. The van der Waals surface area contributed by atoms with Gasteiger partial charge >= 0.3 is 223 Å². The normalized spacial score (nSPS) is 12.1. The van der Waals surface area contributed by atoms with Gasteiger partial charge in [0.15, 0.2) is 0 Å². The summed E-state index contributed by atoms with van der Waals surface area (Å²) < 4.78 is 10.4. The minimum atomic E-state index is -1.06. The van der Waals surface area contributed by atoms with E-state index in [-0.39, 0.29) is 37.4 Å². The Morgan fingerprint density at radius 2 is 1.74 bits per heavy atom. The number of carboxylic acids is 1. The number of rotatable bonds is 10. The van der Waals surface area contributed by atoms with Crippen molar-refractivity contribution in [3.05, 3.63) is 65.5 Å². The van der Waals surface area contributed by atoms with Gasteiger partial charge in [-0.1, -0.05) is 22.6 Å². The molecule has 1 heterocycles. The zero-order chi connectivity index (χ0) is 28.1. The molecule has 1 amide bonds. The van der Waals surface area contributed by atoms with Crippen LogP contribution in [0.25, 0.3) is 33.4 Å². The predicted molar refractivity (Wildman–Crippen MR) is 163 cm³/mol. The fourth-order valence-electron chi connectivity index (χ4n) is 4.79. The molecule has 206 valence electrons. The van der Waals surface area contributed by atoms with Gasteiger partial charge in [-0.15, -0.1) is 0 Å². The van der Waals surface area contributed by atoms with Crippen molar-refractivity contribution in [2.75, 3.05) is 38.7 Å². The summed E-state index contributed by atoms with van der Waals surface area (Å²) in [6.45, 7) is 11.3. The SMILES string of the molecule is CC[I-]/[N+](CC)=c1\ccc2c(-c3ccc(NC(=O)CI)cc3C(=O)O)c3ccc(N(CC)CC)cc3oc-2c1. The van der Waals surface area contributed by atoms with Gasteiger partial charge in [0.05, 0.1) is 4.43 Å². The third-order valence-electron chi connectivity index (χ3n) is 6.56. The van der Waals surface area contributed by atoms with Crippen LogP contribution in [0, 0.1) is 0 Å². The Labute approximate surface area is 253 Å². The summed E-state index contributed by atoms with van der Waals surface area (Å²) in [5, 5.41) is 15.0. The number of hydrogen-bond donors (Lipinski definition) is 2. The molecule has 39 heavy (non-hydrogen) atoms. The fraction of sp³-hybridized carbons (Fsp3) is 0.300. The van der Waals surface area contributed by atoms with Gasteiger partial charge in [0.1, 0.15) is 0 Å². The first kappa shape index (κ1) is 29.3. The summed E-state index contributed by atoms with van der Waals surface area (Å²) in [6, 6.07) is 17.4. The first-order valence-corrected chi connectivity index (χ1v) is 17.1. The number of nitrogens with zero attached hydrogens (tertiary/aromatic N) is 2. The Morgan fingerprint density at radius 1 is 1.00 bits per heavy atom. The molecule has 0 aromatic heterocycles. The Morgan fingerprint density at radius 3 is 2.38 bits per heavy atom. The van der Waals surface area contributed by atoms with Gasteiger partial charge in [-0.05, 0) is 0 Å². The van der Waals surface area contributed by atoms with Gasteiger partial charge < -0.3 is 0 Å². The summed E-state index contributed by atoms with van der Waals surface area (Å²) in [5.74, 6) is -0.524. The molecule has 0 spiro atoms. The maximum absolute atomic E-state index is 12.5. The van der Waals surface area contributed by atoms with E-state index < -0.39 is 5.97 Å². The van der Waals surface area contributed by atoms with Crippen LogP contribution in [0.5, 0.6) is 0 Å². The van der Waals surface area contributed by atoms with E-state index in [4.69, 9.17) is 4.42 Å².